The van der Waals surface area contributed by atoms with Crippen LogP contribution < -0.4 is 5.32 Å². The molecular formula is C16H19NO3. The van der Waals surface area contributed by atoms with Gasteiger partial charge in [-0.1, -0.05) is 30.3 Å². The van der Waals surface area contributed by atoms with Gasteiger partial charge in [-0.15, -0.1) is 0 Å². The van der Waals surface area contributed by atoms with E-state index in [9.17, 15) is 9.90 Å². The summed E-state index contributed by atoms with van der Waals surface area (Å²) in [5, 5.41) is 12.5. The molecule has 4 nitrogen and oxygen atoms in total. The number of aliphatic hydroxyl groups excluding tert-OH is 1. The highest BCUT2D eigenvalue weighted by atomic mass is 16.3. The van der Waals surface area contributed by atoms with Gasteiger partial charge in [0, 0.05) is 12.8 Å². The molecule has 0 radical (unpaired) electrons. The van der Waals surface area contributed by atoms with E-state index in [0.717, 1.165) is 11.3 Å². The first-order valence-corrected chi connectivity index (χ1v) is 6.64. The van der Waals surface area contributed by atoms with E-state index in [4.69, 9.17) is 4.42 Å². The molecule has 0 fully saturated rings. The van der Waals surface area contributed by atoms with Crippen LogP contribution in [-0.2, 0) is 16.8 Å². The molecule has 4 heteroatoms. The van der Waals surface area contributed by atoms with Crippen LogP contribution in [-0.4, -0.2) is 17.6 Å². The van der Waals surface area contributed by atoms with Crippen molar-refractivity contribution < 1.29 is 14.3 Å². The van der Waals surface area contributed by atoms with E-state index in [1.54, 1.807) is 12.3 Å². The largest absolute Gasteiger partial charge is 0.469 e. The highest BCUT2D eigenvalue weighted by Crippen LogP contribution is 2.20. The summed E-state index contributed by atoms with van der Waals surface area (Å²) in [6.07, 6.45) is 2.47. The Morgan fingerprint density at radius 1 is 1.25 bits per heavy atom. The Labute approximate surface area is 118 Å². The molecular weight excluding hydrogens is 254 g/mol. The Balaban J connectivity index is 1.97. The fraction of sp³-hybridized carbons (Fsp3) is 0.312. The summed E-state index contributed by atoms with van der Waals surface area (Å²) in [5.74, 6) is 0.673. The maximum Gasteiger partial charge on any atom is 0.221 e. The number of benzene rings is 1. The molecule has 0 saturated heterocycles. The average molecular weight is 273 g/mol. The summed E-state index contributed by atoms with van der Waals surface area (Å²) in [5.41, 5.74) is 0.121. The van der Waals surface area contributed by atoms with Gasteiger partial charge in [-0.3, -0.25) is 4.79 Å². The predicted octanol–water partition coefficient (Wildman–Crippen LogP) is 2.24. The number of rotatable bonds is 6. The molecule has 2 rings (SSSR count). The number of nitrogens with one attached hydrogen (secondary N) is 1. The van der Waals surface area contributed by atoms with E-state index in [1.807, 2.05) is 43.3 Å². The van der Waals surface area contributed by atoms with Crippen molar-refractivity contribution in [3.63, 3.8) is 0 Å². The third kappa shape index (κ3) is 3.48. The van der Waals surface area contributed by atoms with Crippen LogP contribution in [0.1, 0.15) is 24.7 Å². The normalized spacial score (nSPS) is 13.7. The second-order valence-corrected chi connectivity index (χ2v) is 4.98. The molecule has 2 aromatic rings. The standard InChI is InChI=1S/C16H19NO3/c1-16(12-18,13-6-3-2-4-7-13)17-15(19)10-9-14-8-5-11-20-14/h2-8,11,18H,9-10,12H2,1H3,(H,17,19). The van der Waals surface area contributed by atoms with Gasteiger partial charge in [-0.2, -0.15) is 0 Å². The Morgan fingerprint density at radius 3 is 2.60 bits per heavy atom. The van der Waals surface area contributed by atoms with E-state index in [1.165, 1.54) is 0 Å². The summed E-state index contributed by atoms with van der Waals surface area (Å²) in [7, 11) is 0. The molecule has 20 heavy (non-hydrogen) atoms. The highest BCUT2D eigenvalue weighted by Gasteiger charge is 2.27. The molecule has 1 aromatic heterocycles. The van der Waals surface area contributed by atoms with Crippen molar-refractivity contribution in [2.75, 3.05) is 6.61 Å². The van der Waals surface area contributed by atoms with Crippen LogP contribution in [0.2, 0.25) is 0 Å². The van der Waals surface area contributed by atoms with Crippen LogP contribution in [0.15, 0.2) is 53.1 Å². The first kappa shape index (κ1) is 14.3. The fourth-order valence-corrected chi connectivity index (χ4v) is 2.07. The van der Waals surface area contributed by atoms with Crippen molar-refractivity contribution >= 4 is 5.91 Å². The molecule has 0 aliphatic carbocycles. The molecule has 0 saturated carbocycles. The lowest BCUT2D eigenvalue weighted by atomic mass is 9.92. The van der Waals surface area contributed by atoms with Gasteiger partial charge in [-0.05, 0) is 24.6 Å². The zero-order valence-electron chi connectivity index (χ0n) is 11.5. The van der Waals surface area contributed by atoms with Gasteiger partial charge in [-0.25, -0.2) is 0 Å². The smallest absolute Gasteiger partial charge is 0.221 e. The SMILES string of the molecule is CC(CO)(NC(=O)CCc1ccco1)c1ccccc1. The first-order chi connectivity index (χ1) is 9.64. The second kappa shape index (κ2) is 6.39. The van der Waals surface area contributed by atoms with Crippen molar-refractivity contribution in [1.82, 2.24) is 5.32 Å². The van der Waals surface area contributed by atoms with E-state index in [0.29, 0.717) is 12.8 Å². The number of carbonyl (C=O) groups is 1. The number of carbonyl (C=O) groups excluding carboxylic acids is 1. The lowest BCUT2D eigenvalue weighted by Gasteiger charge is -2.29. The number of hydrogen-bond donors (Lipinski definition) is 2. The van der Waals surface area contributed by atoms with Crippen LogP contribution in [0.25, 0.3) is 0 Å². The minimum Gasteiger partial charge on any atom is -0.469 e. The molecule has 1 atom stereocenters. The molecule has 0 spiro atoms. The van der Waals surface area contributed by atoms with Crippen LogP contribution in [0, 0.1) is 0 Å². The summed E-state index contributed by atoms with van der Waals surface area (Å²) < 4.78 is 5.20. The number of amides is 1. The molecule has 0 aliphatic rings. The van der Waals surface area contributed by atoms with Crippen molar-refractivity contribution in [2.24, 2.45) is 0 Å². The van der Waals surface area contributed by atoms with E-state index >= 15 is 0 Å². The monoisotopic (exact) mass is 273 g/mol. The molecule has 1 heterocycles. The van der Waals surface area contributed by atoms with Gasteiger partial charge in [0.05, 0.1) is 18.4 Å². The van der Waals surface area contributed by atoms with Gasteiger partial charge < -0.3 is 14.8 Å². The zero-order chi connectivity index (χ0) is 14.4. The number of furan rings is 1. The van der Waals surface area contributed by atoms with Gasteiger partial charge in [0.25, 0.3) is 0 Å². The number of aliphatic hydroxyl groups is 1. The molecule has 106 valence electrons. The number of aryl methyl sites for hydroxylation is 1. The lowest BCUT2D eigenvalue weighted by molar-refractivity contribution is -0.123. The Bertz CT molecular complexity index is 536. The zero-order valence-corrected chi connectivity index (χ0v) is 11.5. The van der Waals surface area contributed by atoms with Crippen molar-refractivity contribution in [2.45, 2.75) is 25.3 Å². The predicted molar refractivity (Wildman–Crippen MR) is 76.1 cm³/mol. The third-order valence-corrected chi connectivity index (χ3v) is 3.32. The van der Waals surface area contributed by atoms with E-state index in [2.05, 4.69) is 5.32 Å². The minimum atomic E-state index is -0.762. The maximum absolute atomic E-state index is 12.0. The van der Waals surface area contributed by atoms with Gasteiger partial charge in [0.1, 0.15) is 5.76 Å². The average Bonchev–Trinajstić information content (AvgIpc) is 2.99. The molecule has 1 unspecified atom stereocenters. The fourth-order valence-electron chi connectivity index (χ4n) is 2.07. The summed E-state index contributed by atoms with van der Waals surface area (Å²) in [6.45, 7) is 1.66. The van der Waals surface area contributed by atoms with E-state index < -0.39 is 5.54 Å². The topological polar surface area (TPSA) is 62.5 Å². The lowest BCUT2D eigenvalue weighted by Crippen LogP contribution is -2.46. The number of hydrogen-bond acceptors (Lipinski definition) is 3. The summed E-state index contributed by atoms with van der Waals surface area (Å²) in [4.78, 5) is 12.0. The van der Waals surface area contributed by atoms with Crippen LogP contribution >= 0.6 is 0 Å². The second-order valence-electron chi connectivity index (χ2n) is 4.98. The van der Waals surface area contributed by atoms with Crippen LogP contribution in [0.5, 0.6) is 0 Å². The third-order valence-electron chi connectivity index (χ3n) is 3.32. The molecule has 2 N–H and O–H groups in total. The van der Waals surface area contributed by atoms with Gasteiger partial charge in [0.2, 0.25) is 5.91 Å². The van der Waals surface area contributed by atoms with Crippen LogP contribution in [0.4, 0.5) is 0 Å². The molecule has 1 amide bonds. The minimum absolute atomic E-state index is 0.109. The van der Waals surface area contributed by atoms with Gasteiger partial charge >= 0.3 is 0 Å². The highest BCUT2D eigenvalue weighted by molar-refractivity contribution is 5.77. The molecule has 0 aliphatic heterocycles. The summed E-state index contributed by atoms with van der Waals surface area (Å²) >= 11 is 0. The van der Waals surface area contributed by atoms with E-state index in [-0.39, 0.29) is 12.5 Å². The Kier molecular flexibility index (Phi) is 4.58. The molecule has 1 aromatic carbocycles. The Hall–Kier alpha value is -2.07. The van der Waals surface area contributed by atoms with Crippen molar-refractivity contribution in [3.8, 4) is 0 Å². The first-order valence-electron chi connectivity index (χ1n) is 6.64. The maximum atomic E-state index is 12.0. The Morgan fingerprint density at radius 2 is 2.00 bits per heavy atom. The quantitative estimate of drug-likeness (QED) is 0.848. The van der Waals surface area contributed by atoms with Crippen molar-refractivity contribution in [3.05, 3.63) is 60.1 Å². The van der Waals surface area contributed by atoms with Gasteiger partial charge in [0.15, 0.2) is 0 Å². The molecule has 0 bridgehead atoms. The van der Waals surface area contributed by atoms with Crippen LogP contribution in [0.3, 0.4) is 0 Å². The summed E-state index contributed by atoms with van der Waals surface area (Å²) in [6, 6.07) is 13.1. The van der Waals surface area contributed by atoms with Crippen molar-refractivity contribution in [1.29, 1.82) is 0 Å².